The van der Waals surface area contributed by atoms with Crippen molar-refractivity contribution in [3.63, 3.8) is 0 Å². The molecule has 4 bridgehead atoms. The highest BCUT2D eigenvalue weighted by Crippen LogP contribution is 2.75. The molecule has 2 saturated heterocycles. The number of anilines is 1. The van der Waals surface area contributed by atoms with Crippen LogP contribution in [0.4, 0.5) is 10.5 Å². The molecule has 1 aromatic carbocycles. The molecule has 75 heavy (non-hydrogen) atoms. The molecule has 12 atom stereocenters. The third kappa shape index (κ3) is 12.4. The second kappa shape index (κ2) is 23.9. The zero-order valence-corrected chi connectivity index (χ0v) is 46.8. The Bertz CT molecular complexity index is 2290. The lowest BCUT2D eigenvalue weighted by atomic mass is 9.40. The number of hydrogen-bond donors (Lipinski definition) is 6. The van der Waals surface area contributed by atoms with Crippen molar-refractivity contribution in [2.24, 2.45) is 51.6 Å². The van der Waals surface area contributed by atoms with Gasteiger partial charge in [-0.2, -0.15) is 0 Å². The number of imide groups is 1. The van der Waals surface area contributed by atoms with Gasteiger partial charge in [-0.1, -0.05) is 73.1 Å². The number of amides is 7. The number of esters is 1. The molecule has 4 saturated carbocycles. The number of hydrogen-bond acceptors (Lipinski definition) is 10. The van der Waals surface area contributed by atoms with Crippen LogP contribution in [0.2, 0.25) is 0 Å². The summed E-state index contributed by atoms with van der Waals surface area (Å²) < 4.78 is 7.61. The summed E-state index contributed by atoms with van der Waals surface area (Å²) in [5.41, 5.74) is 6.29. The normalized spacial score (nSPS) is 33.5. The molecule has 1 aromatic rings. The predicted molar refractivity (Wildman–Crippen MR) is 291 cm³/mol. The Labute approximate surface area is 449 Å². The van der Waals surface area contributed by atoms with E-state index in [-0.39, 0.29) is 78.4 Å². The van der Waals surface area contributed by atoms with Gasteiger partial charge in [-0.3, -0.25) is 33.7 Å². The summed E-state index contributed by atoms with van der Waals surface area (Å²) in [4.78, 5) is 90.8. The molecule has 0 radical (unpaired) electrons. The number of urea groups is 1. The summed E-state index contributed by atoms with van der Waals surface area (Å²) in [6, 6.07) is 6.17. The van der Waals surface area contributed by atoms with Crippen molar-refractivity contribution in [1.82, 2.24) is 20.9 Å². The van der Waals surface area contributed by atoms with E-state index in [1.54, 1.807) is 11.8 Å². The SMILES string of the molecule is C=CC1(C)CC(OC(=O)CSC2CC3CCC(C2)[N+]3(C)Cc2ccc(NC(=O)C(CCCNC(N)=O)NC(=O)C(NC(=O)CCCCCN3C(=O)C=CC3=O)C(C)C)cc2)C(C)(C(C)C)C2C3CCC2(C3)C(C)C1O. The first-order valence-electron chi connectivity index (χ1n) is 28.0. The van der Waals surface area contributed by atoms with E-state index >= 15 is 0 Å². The smallest absolute Gasteiger partial charge is 0.316 e. The molecule has 3 aliphatic heterocycles. The molecule has 3 heterocycles. The third-order valence-corrected chi connectivity index (χ3v) is 20.8. The van der Waals surface area contributed by atoms with E-state index < -0.39 is 41.4 Å². The molecule has 414 valence electrons. The number of nitrogens with one attached hydrogen (secondary N) is 4. The number of benzene rings is 1. The second-order valence-electron chi connectivity index (χ2n) is 24.6. The number of quaternary nitrogens is 1. The fraction of sp³-hybridized carbons (Fsp3) is 0.707. The van der Waals surface area contributed by atoms with Gasteiger partial charge in [0.25, 0.3) is 11.8 Å². The number of unbranched alkanes of at least 4 members (excludes halogenated alkanes) is 2. The number of piperidine rings is 1. The van der Waals surface area contributed by atoms with E-state index in [1.807, 2.05) is 44.2 Å². The van der Waals surface area contributed by atoms with Crippen LogP contribution in [0.15, 0.2) is 49.1 Å². The number of fused-ring (bicyclic) bond motifs is 3. The van der Waals surface area contributed by atoms with Crippen LogP contribution in [0.5, 0.6) is 0 Å². The van der Waals surface area contributed by atoms with Gasteiger partial charge < -0.3 is 41.3 Å². The fourth-order valence-electron chi connectivity index (χ4n) is 14.8. The minimum Gasteiger partial charge on any atom is -0.461 e. The number of rotatable bonds is 24. The van der Waals surface area contributed by atoms with Crippen molar-refractivity contribution in [1.29, 1.82) is 0 Å². The predicted octanol–water partition coefficient (Wildman–Crippen LogP) is 7.14. The number of carbonyl (C=O) groups excluding carboxylic acids is 7. The molecular formula is C58H88N7O9S+. The number of primary amides is 1. The molecule has 17 heteroatoms. The first kappa shape index (κ1) is 58.0. The monoisotopic (exact) mass is 1060 g/mol. The van der Waals surface area contributed by atoms with Crippen LogP contribution in [0, 0.1) is 45.8 Å². The minimum atomic E-state index is -0.978. The van der Waals surface area contributed by atoms with Crippen molar-refractivity contribution in [2.75, 3.05) is 31.2 Å². The van der Waals surface area contributed by atoms with E-state index in [2.05, 4.69) is 69.5 Å². The summed E-state index contributed by atoms with van der Waals surface area (Å²) >= 11 is 1.75. The summed E-state index contributed by atoms with van der Waals surface area (Å²) in [6.45, 7) is 20.4. The van der Waals surface area contributed by atoms with Gasteiger partial charge >= 0.3 is 12.0 Å². The summed E-state index contributed by atoms with van der Waals surface area (Å²) in [5.74, 6) is -0.571. The zero-order chi connectivity index (χ0) is 54.6. The van der Waals surface area contributed by atoms with Crippen molar-refractivity contribution >= 4 is 59.0 Å². The van der Waals surface area contributed by atoms with E-state index in [1.165, 1.54) is 23.5 Å². The van der Waals surface area contributed by atoms with E-state index in [0.717, 1.165) is 55.1 Å². The largest absolute Gasteiger partial charge is 0.461 e. The Morgan fingerprint density at radius 3 is 2.20 bits per heavy atom. The van der Waals surface area contributed by atoms with Crippen LogP contribution in [0.3, 0.4) is 0 Å². The van der Waals surface area contributed by atoms with E-state index in [4.69, 9.17) is 10.5 Å². The first-order chi connectivity index (χ1) is 35.4. The maximum atomic E-state index is 14.0. The number of carbonyl (C=O) groups is 7. The number of nitrogens with zero attached hydrogens (tertiary/aromatic N) is 2. The van der Waals surface area contributed by atoms with E-state index in [0.29, 0.717) is 78.6 Å². The molecule has 0 aromatic heterocycles. The van der Waals surface area contributed by atoms with Crippen molar-refractivity contribution in [3.05, 3.63) is 54.6 Å². The van der Waals surface area contributed by atoms with Gasteiger partial charge in [-0.25, -0.2) is 4.79 Å². The van der Waals surface area contributed by atoms with E-state index in [9.17, 15) is 38.7 Å². The zero-order valence-electron chi connectivity index (χ0n) is 46.0. The van der Waals surface area contributed by atoms with Gasteiger partial charge in [0.15, 0.2) is 0 Å². The molecule has 7 amide bonds. The lowest BCUT2D eigenvalue weighted by Crippen LogP contribution is -2.64. The maximum Gasteiger partial charge on any atom is 0.316 e. The molecular weight excluding hydrogens is 971 g/mol. The Hall–Kier alpha value is -4.74. The quantitative estimate of drug-likeness (QED) is 0.0202. The first-order valence-corrected chi connectivity index (χ1v) is 29.0. The average molecular weight is 1060 g/mol. The van der Waals surface area contributed by atoms with Crippen molar-refractivity contribution in [2.45, 2.75) is 187 Å². The number of ether oxygens (including phenoxy) is 1. The molecule has 7 N–H and O–H groups in total. The van der Waals surface area contributed by atoms with Crippen LogP contribution >= 0.6 is 11.8 Å². The standard InChI is InChI=1S/C58H87N7O9S/c1-10-56(7)32-45(57(8,36(4)5)51-39-25-26-58(51,31-39)37(6)52(56)70)74-49(69)34-75-43-29-41-21-22-42(30-43)65(41,9)33-38-17-19-40(20-18-38)61-53(71)44(15-14-27-60-55(59)73)62-54(72)50(35(2)3)63-46(66)16-12-11-13-28-64-47(67)23-24-48(64)68/h10,17-20,23-24,35-37,39,41-45,50-52,70H,1,11-16,21-22,25-34H2,2-9H3,(H5-,59,60,61,62,63,66,71,72,73)/p+1. The van der Waals surface area contributed by atoms with Gasteiger partial charge in [0.2, 0.25) is 17.7 Å². The molecule has 4 aliphatic carbocycles. The van der Waals surface area contributed by atoms with Crippen molar-refractivity contribution in [3.8, 4) is 0 Å². The Morgan fingerprint density at radius 2 is 1.60 bits per heavy atom. The fourth-order valence-corrected chi connectivity index (χ4v) is 15.9. The lowest BCUT2D eigenvalue weighted by molar-refractivity contribution is -0.960. The van der Waals surface area contributed by atoms with Gasteiger partial charge in [0.05, 0.1) is 31.0 Å². The number of aliphatic hydroxyl groups is 1. The van der Waals surface area contributed by atoms with Crippen molar-refractivity contribution < 1.29 is 47.9 Å². The van der Waals surface area contributed by atoms with Gasteiger partial charge in [0.1, 0.15) is 24.7 Å². The van der Waals surface area contributed by atoms with Gasteiger partial charge in [0, 0.05) is 84.7 Å². The second-order valence-corrected chi connectivity index (χ2v) is 25.9. The summed E-state index contributed by atoms with van der Waals surface area (Å²) in [6.07, 6.45) is 14.3. The van der Waals surface area contributed by atoms with Crippen LogP contribution < -0.4 is 27.0 Å². The highest BCUT2D eigenvalue weighted by Gasteiger charge is 2.71. The number of aliphatic hydroxyl groups excluding tert-OH is 1. The topological polar surface area (TPSA) is 226 Å². The molecule has 16 nitrogen and oxygen atoms in total. The van der Waals surface area contributed by atoms with Crippen LogP contribution in [-0.2, 0) is 40.0 Å². The highest BCUT2D eigenvalue weighted by atomic mass is 32.2. The minimum absolute atomic E-state index is 0.0729. The van der Waals surface area contributed by atoms with Gasteiger partial charge in [-0.15, -0.1) is 18.3 Å². The Morgan fingerprint density at radius 1 is 0.933 bits per heavy atom. The molecule has 12 unspecified atom stereocenters. The lowest BCUT2D eigenvalue weighted by Gasteiger charge is -2.65. The van der Waals surface area contributed by atoms with Crippen LogP contribution in [-0.4, -0.2) is 124 Å². The molecule has 1 spiro atoms. The molecule has 8 rings (SSSR count). The summed E-state index contributed by atoms with van der Waals surface area (Å²) in [5, 5.41) is 23.4. The number of thioether (sulfide) groups is 1. The van der Waals surface area contributed by atoms with Crippen LogP contribution in [0.25, 0.3) is 0 Å². The van der Waals surface area contributed by atoms with Gasteiger partial charge in [-0.05, 0) is 98.5 Å². The summed E-state index contributed by atoms with van der Waals surface area (Å²) in [7, 11) is 2.36. The number of nitrogens with two attached hydrogens (primary N) is 1. The molecule has 7 aliphatic rings. The maximum absolute atomic E-state index is 14.0. The Kier molecular flexibility index (Phi) is 18.4. The van der Waals surface area contributed by atoms with Crippen LogP contribution in [0.1, 0.15) is 144 Å². The highest BCUT2D eigenvalue weighted by molar-refractivity contribution is 8.00. The average Bonchev–Trinajstić information content (AvgIpc) is 4.08. The Balaban J connectivity index is 0.908. The molecule has 6 fully saturated rings. The third-order valence-electron chi connectivity index (χ3n) is 19.5.